The fourth-order valence-electron chi connectivity index (χ4n) is 1.98. The Labute approximate surface area is 147 Å². The Bertz CT molecular complexity index is 700. The molecule has 0 aliphatic heterocycles. The maximum absolute atomic E-state index is 11.9. The third-order valence-corrected chi connectivity index (χ3v) is 3.67. The first-order chi connectivity index (χ1) is 11.0. The normalized spacial score (nSPS) is 10.7. The number of aromatic nitrogens is 3. The van der Waals surface area contributed by atoms with Gasteiger partial charge in [0.2, 0.25) is 0 Å². The lowest BCUT2D eigenvalue weighted by atomic mass is 10.1. The van der Waals surface area contributed by atoms with Crippen molar-refractivity contribution >= 4 is 28.6 Å². The molecule has 0 atom stereocenters. The summed E-state index contributed by atoms with van der Waals surface area (Å²) in [6.07, 6.45) is 0.0189. The summed E-state index contributed by atoms with van der Waals surface area (Å²) >= 11 is 2.16. The van der Waals surface area contributed by atoms with Crippen LogP contribution in [0, 0.1) is 3.57 Å². The number of hydrogen-bond donors (Lipinski definition) is 1. The second kappa shape index (κ2) is 7.62. The van der Waals surface area contributed by atoms with Gasteiger partial charge in [-0.2, -0.15) is 10.3 Å². The quantitative estimate of drug-likeness (QED) is 0.559. The summed E-state index contributed by atoms with van der Waals surface area (Å²) in [7, 11) is 1.57. The van der Waals surface area contributed by atoms with Gasteiger partial charge in [-0.05, 0) is 55.5 Å². The van der Waals surface area contributed by atoms with Crippen molar-refractivity contribution in [3.05, 3.63) is 21.4 Å². The molecule has 1 heterocycles. The van der Waals surface area contributed by atoms with Crippen molar-refractivity contribution in [3.63, 3.8) is 0 Å². The van der Waals surface area contributed by atoms with E-state index in [1.54, 1.807) is 20.1 Å². The molecule has 1 aromatic heterocycles. The summed E-state index contributed by atoms with van der Waals surface area (Å²) < 4.78 is 17.0. The molecule has 2 rings (SSSR count). The van der Waals surface area contributed by atoms with Gasteiger partial charge < -0.3 is 14.2 Å². The van der Waals surface area contributed by atoms with Gasteiger partial charge in [-0.15, -0.1) is 5.10 Å². The van der Waals surface area contributed by atoms with Crippen LogP contribution >= 0.6 is 22.6 Å². The predicted octanol–water partition coefficient (Wildman–Crippen LogP) is 3.05. The summed E-state index contributed by atoms with van der Waals surface area (Å²) in [5, 5.41) is 10.4. The lowest BCUT2D eigenvalue weighted by molar-refractivity contribution is 0.0520. The third kappa shape index (κ3) is 3.92. The molecule has 1 aromatic carbocycles. The van der Waals surface area contributed by atoms with Crippen LogP contribution in [0.1, 0.15) is 31.3 Å². The standard InChI is InChI=1S/C15H18IN3O4/c1-5-22-15(20)13-12(17-19-18-13)9-6-10(16)14(23-8(2)3)11(7-9)21-4/h6-8H,5H2,1-4H3,(H,17,18,19). The zero-order valence-corrected chi connectivity index (χ0v) is 15.5. The zero-order chi connectivity index (χ0) is 17.0. The maximum atomic E-state index is 11.9. The van der Waals surface area contributed by atoms with Gasteiger partial charge in [0.15, 0.2) is 17.2 Å². The van der Waals surface area contributed by atoms with Crippen molar-refractivity contribution < 1.29 is 19.0 Å². The minimum atomic E-state index is -0.521. The molecule has 0 amide bonds. The molecule has 1 N–H and O–H groups in total. The molecule has 0 aliphatic rings. The van der Waals surface area contributed by atoms with E-state index in [1.807, 2.05) is 19.9 Å². The van der Waals surface area contributed by atoms with Gasteiger partial charge in [0, 0.05) is 5.56 Å². The van der Waals surface area contributed by atoms with Crippen molar-refractivity contribution in [1.82, 2.24) is 15.4 Å². The van der Waals surface area contributed by atoms with Gasteiger partial charge in [0.05, 0.1) is 23.4 Å². The number of methoxy groups -OCH3 is 1. The first-order valence-corrected chi connectivity index (χ1v) is 8.18. The average Bonchev–Trinajstić information content (AvgIpc) is 2.98. The van der Waals surface area contributed by atoms with E-state index in [1.165, 1.54) is 0 Å². The van der Waals surface area contributed by atoms with E-state index in [0.29, 0.717) is 22.8 Å². The van der Waals surface area contributed by atoms with E-state index in [2.05, 4.69) is 38.0 Å². The number of halogens is 1. The number of esters is 1. The molecule has 0 aliphatic carbocycles. The van der Waals surface area contributed by atoms with Gasteiger partial charge in [-0.3, -0.25) is 0 Å². The summed E-state index contributed by atoms with van der Waals surface area (Å²) in [5.74, 6) is 0.708. The number of ether oxygens (including phenoxy) is 3. The Hall–Kier alpha value is -1.84. The van der Waals surface area contributed by atoms with E-state index in [9.17, 15) is 4.79 Å². The highest BCUT2D eigenvalue weighted by atomic mass is 127. The molecule has 2 aromatic rings. The lowest BCUT2D eigenvalue weighted by Crippen LogP contribution is -2.09. The van der Waals surface area contributed by atoms with Gasteiger partial charge in [0.25, 0.3) is 0 Å². The lowest BCUT2D eigenvalue weighted by Gasteiger charge is -2.16. The highest BCUT2D eigenvalue weighted by Crippen LogP contribution is 2.38. The molecule has 23 heavy (non-hydrogen) atoms. The van der Waals surface area contributed by atoms with Crippen molar-refractivity contribution in [2.75, 3.05) is 13.7 Å². The number of hydrogen-bond acceptors (Lipinski definition) is 6. The second-order valence-electron chi connectivity index (χ2n) is 4.90. The summed E-state index contributed by atoms with van der Waals surface area (Å²) in [5.41, 5.74) is 1.25. The number of benzene rings is 1. The number of carbonyl (C=O) groups excluding carboxylic acids is 1. The number of carbonyl (C=O) groups is 1. The van der Waals surface area contributed by atoms with Gasteiger partial charge >= 0.3 is 5.97 Å². The van der Waals surface area contributed by atoms with Crippen LogP contribution in [0.2, 0.25) is 0 Å². The molecule has 0 spiro atoms. The van der Waals surface area contributed by atoms with Crippen LogP contribution in [0.4, 0.5) is 0 Å². The van der Waals surface area contributed by atoms with Crippen molar-refractivity contribution in [2.45, 2.75) is 26.9 Å². The fourth-order valence-corrected chi connectivity index (χ4v) is 2.71. The Balaban J connectivity index is 2.48. The Morgan fingerprint density at radius 1 is 1.35 bits per heavy atom. The van der Waals surface area contributed by atoms with Crippen molar-refractivity contribution in [2.24, 2.45) is 0 Å². The Morgan fingerprint density at radius 2 is 2.09 bits per heavy atom. The molecule has 8 heteroatoms. The molecular formula is C15H18IN3O4. The molecule has 0 unspecified atom stereocenters. The van der Waals surface area contributed by atoms with Crippen LogP contribution in [-0.2, 0) is 4.74 Å². The number of nitrogens with zero attached hydrogens (tertiary/aromatic N) is 2. The average molecular weight is 431 g/mol. The van der Waals surface area contributed by atoms with E-state index >= 15 is 0 Å². The molecule has 0 bridgehead atoms. The van der Waals surface area contributed by atoms with E-state index in [0.717, 1.165) is 3.57 Å². The SMILES string of the molecule is CCOC(=O)c1n[nH]nc1-c1cc(I)c(OC(C)C)c(OC)c1. The highest BCUT2D eigenvalue weighted by molar-refractivity contribution is 14.1. The summed E-state index contributed by atoms with van der Waals surface area (Å²) in [6.45, 7) is 5.90. The summed E-state index contributed by atoms with van der Waals surface area (Å²) in [6, 6.07) is 3.63. The first kappa shape index (κ1) is 17.5. The first-order valence-electron chi connectivity index (χ1n) is 7.10. The Kier molecular flexibility index (Phi) is 5.80. The predicted molar refractivity (Wildman–Crippen MR) is 92.8 cm³/mol. The molecule has 0 fully saturated rings. The smallest absolute Gasteiger partial charge is 0.361 e. The highest BCUT2D eigenvalue weighted by Gasteiger charge is 2.22. The third-order valence-electron chi connectivity index (χ3n) is 2.87. The van der Waals surface area contributed by atoms with Crippen LogP contribution < -0.4 is 9.47 Å². The van der Waals surface area contributed by atoms with Crippen molar-refractivity contribution in [3.8, 4) is 22.8 Å². The largest absolute Gasteiger partial charge is 0.493 e. The molecule has 7 nitrogen and oxygen atoms in total. The molecule has 0 saturated carbocycles. The monoisotopic (exact) mass is 431 g/mol. The minimum Gasteiger partial charge on any atom is -0.493 e. The molecule has 0 saturated heterocycles. The Morgan fingerprint density at radius 3 is 2.70 bits per heavy atom. The topological polar surface area (TPSA) is 86.3 Å². The number of nitrogens with one attached hydrogen (secondary N) is 1. The van der Waals surface area contributed by atoms with Gasteiger partial charge in [0.1, 0.15) is 5.69 Å². The van der Waals surface area contributed by atoms with Gasteiger partial charge in [-0.1, -0.05) is 0 Å². The van der Waals surface area contributed by atoms with Crippen LogP contribution in [-0.4, -0.2) is 41.2 Å². The van der Waals surface area contributed by atoms with Gasteiger partial charge in [-0.25, -0.2) is 4.79 Å². The van der Waals surface area contributed by atoms with Crippen LogP contribution in [0.15, 0.2) is 12.1 Å². The van der Waals surface area contributed by atoms with Crippen LogP contribution in [0.25, 0.3) is 11.3 Å². The number of aromatic amines is 1. The van der Waals surface area contributed by atoms with Crippen LogP contribution in [0.3, 0.4) is 0 Å². The fraction of sp³-hybridized carbons (Fsp3) is 0.400. The number of rotatable bonds is 6. The van der Waals surface area contributed by atoms with Crippen molar-refractivity contribution in [1.29, 1.82) is 0 Å². The van der Waals surface area contributed by atoms with E-state index < -0.39 is 5.97 Å². The summed E-state index contributed by atoms with van der Waals surface area (Å²) in [4.78, 5) is 11.9. The molecule has 0 radical (unpaired) electrons. The molecular weight excluding hydrogens is 413 g/mol. The minimum absolute atomic E-state index is 0.0189. The van der Waals surface area contributed by atoms with Crippen LogP contribution in [0.5, 0.6) is 11.5 Å². The second-order valence-corrected chi connectivity index (χ2v) is 6.06. The molecule has 124 valence electrons. The zero-order valence-electron chi connectivity index (χ0n) is 13.3. The number of H-pyrrole nitrogens is 1. The van der Waals surface area contributed by atoms with E-state index in [4.69, 9.17) is 14.2 Å². The maximum Gasteiger partial charge on any atom is 0.361 e. The van der Waals surface area contributed by atoms with E-state index in [-0.39, 0.29) is 18.4 Å².